The SMILES string of the molecule is COc1ccc(CNCC2(C)CCCO2)s1. The maximum Gasteiger partial charge on any atom is 0.173 e. The lowest BCUT2D eigenvalue weighted by Crippen LogP contribution is -2.36. The van der Waals surface area contributed by atoms with Gasteiger partial charge in [-0.1, -0.05) is 0 Å². The molecule has 4 heteroatoms. The third-order valence-corrected chi connectivity index (χ3v) is 3.98. The Morgan fingerprint density at radius 1 is 1.56 bits per heavy atom. The molecule has 90 valence electrons. The van der Waals surface area contributed by atoms with Crippen molar-refractivity contribution in [2.75, 3.05) is 20.3 Å². The molecule has 1 aromatic heterocycles. The summed E-state index contributed by atoms with van der Waals surface area (Å²) in [6.07, 6.45) is 2.35. The van der Waals surface area contributed by atoms with Gasteiger partial charge in [0.2, 0.25) is 0 Å². The van der Waals surface area contributed by atoms with Crippen LogP contribution in [-0.4, -0.2) is 25.9 Å². The quantitative estimate of drug-likeness (QED) is 0.858. The average Bonchev–Trinajstić information content (AvgIpc) is 2.88. The minimum absolute atomic E-state index is 0.0430. The zero-order valence-corrected chi connectivity index (χ0v) is 10.7. The van der Waals surface area contributed by atoms with E-state index in [0.29, 0.717) is 0 Å². The van der Waals surface area contributed by atoms with Crippen molar-refractivity contribution in [1.82, 2.24) is 5.32 Å². The summed E-state index contributed by atoms with van der Waals surface area (Å²) >= 11 is 1.69. The molecular formula is C12H19NO2S. The van der Waals surface area contributed by atoms with E-state index < -0.39 is 0 Å². The maximum absolute atomic E-state index is 5.72. The summed E-state index contributed by atoms with van der Waals surface area (Å²) in [4.78, 5) is 1.30. The second kappa shape index (κ2) is 5.17. The van der Waals surface area contributed by atoms with Crippen LogP contribution in [0.15, 0.2) is 12.1 Å². The van der Waals surface area contributed by atoms with Crippen molar-refractivity contribution in [2.24, 2.45) is 0 Å². The Morgan fingerprint density at radius 2 is 2.44 bits per heavy atom. The highest BCUT2D eigenvalue weighted by Crippen LogP contribution is 2.25. The monoisotopic (exact) mass is 241 g/mol. The molecule has 16 heavy (non-hydrogen) atoms. The van der Waals surface area contributed by atoms with Crippen molar-refractivity contribution in [3.8, 4) is 5.06 Å². The van der Waals surface area contributed by atoms with Crippen molar-refractivity contribution < 1.29 is 9.47 Å². The summed E-state index contributed by atoms with van der Waals surface area (Å²) in [5.41, 5.74) is 0.0430. The first-order valence-electron chi connectivity index (χ1n) is 5.69. The van der Waals surface area contributed by atoms with E-state index in [9.17, 15) is 0 Å². The molecule has 1 aliphatic heterocycles. The third-order valence-electron chi connectivity index (χ3n) is 2.94. The minimum atomic E-state index is 0.0430. The summed E-state index contributed by atoms with van der Waals surface area (Å²) in [6.45, 7) is 4.91. The molecule has 0 amide bonds. The zero-order chi connectivity index (χ0) is 11.4. The van der Waals surface area contributed by atoms with E-state index in [4.69, 9.17) is 9.47 Å². The lowest BCUT2D eigenvalue weighted by Gasteiger charge is -2.23. The molecule has 1 atom stereocenters. The molecule has 0 saturated carbocycles. The van der Waals surface area contributed by atoms with Crippen molar-refractivity contribution in [1.29, 1.82) is 0 Å². The maximum atomic E-state index is 5.72. The number of methoxy groups -OCH3 is 1. The standard InChI is InChI=1S/C12H19NO2S/c1-12(6-3-7-15-12)9-13-8-10-4-5-11(14-2)16-10/h4-5,13H,3,6-9H2,1-2H3. The summed E-state index contributed by atoms with van der Waals surface area (Å²) in [7, 11) is 1.70. The number of hydrogen-bond donors (Lipinski definition) is 1. The molecule has 3 nitrogen and oxygen atoms in total. The number of hydrogen-bond acceptors (Lipinski definition) is 4. The Labute approximate surface area is 101 Å². The van der Waals surface area contributed by atoms with Crippen LogP contribution >= 0.6 is 11.3 Å². The molecule has 1 unspecified atom stereocenters. The highest BCUT2D eigenvalue weighted by molar-refractivity contribution is 7.13. The second-order valence-electron chi connectivity index (χ2n) is 4.43. The first kappa shape index (κ1) is 11.9. The van der Waals surface area contributed by atoms with Gasteiger partial charge in [0.15, 0.2) is 5.06 Å². The highest BCUT2D eigenvalue weighted by Gasteiger charge is 2.28. The summed E-state index contributed by atoms with van der Waals surface area (Å²) in [5.74, 6) is 0. The number of ether oxygens (including phenoxy) is 2. The normalized spacial score (nSPS) is 24.9. The Morgan fingerprint density at radius 3 is 3.06 bits per heavy atom. The number of nitrogens with one attached hydrogen (secondary N) is 1. The van der Waals surface area contributed by atoms with Gasteiger partial charge in [0.1, 0.15) is 0 Å². The lowest BCUT2D eigenvalue weighted by atomic mass is 10.0. The summed E-state index contributed by atoms with van der Waals surface area (Å²) in [6, 6.07) is 4.11. The van der Waals surface area contributed by atoms with Gasteiger partial charge in [-0.25, -0.2) is 0 Å². The Kier molecular flexibility index (Phi) is 3.84. The van der Waals surface area contributed by atoms with E-state index in [0.717, 1.165) is 31.2 Å². The van der Waals surface area contributed by atoms with Crippen LogP contribution in [0.5, 0.6) is 5.06 Å². The highest BCUT2D eigenvalue weighted by atomic mass is 32.1. The molecule has 0 radical (unpaired) electrons. The molecule has 2 rings (SSSR count). The Hall–Kier alpha value is -0.580. The fourth-order valence-electron chi connectivity index (χ4n) is 1.99. The van der Waals surface area contributed by atoms with Crippen molar-refractivity contribution >= 4 is 11.3 Å². The van der Waals surface area contributed by atoms with Gasteiger partial charge in [-0.3, -0.25) is 0 Å². The van der Waals surface area contributed by atoms with Gasteiger partial charge < -0.3 is 14.8 Å². The summed E-state index contributed by atoms with van der Waals surface area (Å²) < 4.78 is 10.9. The molecule has 1 saturated heterocycles. The van der Waals surface area contributed by atoms with Crippen molar-refractivity contribution in [3.05, 3.63) is 17.0 Å². The molecule has 0 aliphatic carbocycles. The van der Waals surface area contributed by atoms with Gasteiger partial charge in [0, 0.05) is 24.6 Å². The van der Waals surface area contributed by atoms with Crippen LogP contribution in [0.3, 0.4) is 0 Å². The predicted octanol–water partition coefficient (Wildman–Crippen LogP) is 2.42. The summed E-state index contributed by atoms with van der Waals surface area (Å²) in [5, 5.41) is 4.42. The van der Waals surface area contributed by atoms with Crippen LogP contribution in [0.1, 0.15) is 24.6 Å². The molecule has 2 heterocycles. The van der Waals surface area contributed by atoms with E-state index in [1.54, 1.807) is 18.4 Å². The fraction of sp³-hybridized carbons (Fsp3) is 0.667. The smallest absolute Gasteiger partial charge is 0.173 e. The first-order valence-corrected chi connectivity index (χ1v) is 6.51. The van der Waals surface area contributed by atoms with E-state index >= 15 is 0 Å². The van der Waals surface area contributed by atoms with Crippen molar-refractivity contribution in [2.45, 2.75) is 31.9 Å². The van der Waals surface area contributed by atoms with Gasteiger partial charge >= 0.3 is 0 Å². The van der Waals surface area contributed by atoms with Crippen LogP contribution in [0, 0.1) is 0 Å². The Bertz CT molecular complexity index is 332. The van der Waals surface area contributed by atoms with Gasteiger partial charge in [0.05, 0.1) is 12.7 Å². The van der Waals surface area contributed by atoms with Crippen LogP contribution in [-0.2, 0) is 11.3 Å². The van der Waals surface area contributed by atoms with E-state index in [2.05, 4.69) is 18.3 Å². The van der Waals surface area contributed by atoms with Gasteiger partial charge in [0.25, 0.3) is 0 Å². The third kappa shape index (κ3) is 2.97. The molecule has 1 fully saturated rings. The van der Waals surface area contributed by atoms with Gasteiger partial charge in [-0.2, -0.15) is 0 Å². The minimum Gasteiger partial charge on any atom is -0.487 e. The van der Waals surface area contributed by atoms with Gasteiger partial charge in [-0.05, 0) is 31.9 Å². The van der Waals surface area contributed by atoms with Crippen LogP contribution in [0.2, 0.25) is 0 Å². The zero-order valence-electron chi connectivity index (χ0n) is 9.91. The Balaban J connectivity index is 1.75. The molecule has 1 aromatic rings. The van der Waals surface area contributed by atoms with Crippen molar-refractivity contribution in [3.63, 3.8) is 0 Å². The molecule has 1 aliphatic rings. The van der Waals surface area contributed by atoms with Gasteiger partial charge in [-0.15, -0.1) is 11.3 Å². The number of rotatable bonds is 5. The van der Waals surface area contributed by atoms with E-state index in [1.165, 1.54) is 11.3 Å². The molecule has 1 N–H and O–H groups in total. The first-order chi connectivity index (χ1) is 7.72. The molecular weight excluding hydrogens is 222 g/mol. The molecule has 0 bridgehead atoms. The van der Waals surface area contributed by atoms with Crippen LogP contribution < -0.4 is 10.1 Å². The van der Waals surface area contributed by atoms with E-state index in [1.807, 2.05) is 6.07 Å². The average molecular weight is 241 g/mol. The second-order valence-corrected chi connectivity index (χ2v) is 5.56. The molecule has 0 aromatic carbocycles. The fourth-order valence-corrected chi connectivity index (χ4v) is 2.78. The van der Waals surface area contributed by atoms with Crippen LogP contribution in [0.25, 0.3) is 0 Å². The molecule has 0 spiro atoms. The van der Waals surface area contributed by atoms with Crippen LogP contribution in [0.4, 0.5) is 0 Å². The number of thiophene rings is 1. The lowest BCUT2D eigenvalue weighted by molar-refractivity contribution is 0.0207. The largest absolute Gasteiger partial charge is 0.487 e. The topological polar surface area (TPSA) is 30.5 Å². The van der Waals surface area contributed by atoms with E-state index in [-0.39, 0.29) is 5.60 Å². The predicted molar refractivity (Wildman–Crippen MR) is 66.2 cm³/mol.